The van der Waals surface area contributed by atoms with Crippen molar-refractivity contribution in [2.24, 2.45) is 5.73 Å². The molecule has 2 heterocycles. The molecule has 194 valence electrons. The van der Waals surface area contributed by atoms with Crippen LogP contribution in [0.2, 0.25) is 0 Å². The van der Waals surface area contributed by atoms with Crippen molar-refractivity contribution in [3.05, 3.63) is 11.3 Å². The van der Waals surface area contributed by atoms with E-state index in [1.807, 2.05) is 0 Å². The summed E-state index contributed by atoms with van der Waals surface area (Å²) in [4.78, 5) is 24.3. The zero-order chi connectivity index (χ0) is 26.7. The van der Waals surface area contributed by atoms with Crippen LogP contribution < -0.4 is 5.73 Å². The van der Waals surface area contributed by atoms with E-state index >= 15 is 0 Å². The number of aliphatic carboxylic acids is 1. The lowest BCUT2D eigenvalue weighted by atomic mass is 10.0. The Morgan fingerprint density at radius 3 is 1.85 bits per heavy atom. The number of carboxylic acid groups (broad SMARTS) is 1. The van der Waals surface area contributed by atoms with Crippen LogP contribution in [0.3, 0.4) is 0 Å². The van der Waals surface area contributed by atoms with E-state index in [2.05, 4.69) is 12.5 Å². The summed E-state index contributed by atoms with van der Waals surface area (Å²) >= 11 is 1.56. The molecule has 2 aliphatic rings. The Balaban J connectivity index is 0.000000539. The van der Waals surface area contributed by atoms with Gasteiger partial charge in [0.25, 0.3) is 0 Å². The molecule has 0 aromatic rings. The Bertz CT molecular complexity index is 950. The highest BCUT2D eigenvalue weighted by molar-refractivity contribution is 8.00. The van der Waals surface area contributed by atoms with Gasteiger partial charge in [0, 0.05) is 11.3 Å². The summed E-state index contributed by atoms with van der Waals surface area (Å²) in [6.45, 7) is 0. The number of carbonyl (C=O) groups is 2. The van der Waals surface area contributed by atoms with Crippen molar-refractivity contribution >= 4 is 54.8 Å². The molecular formula is C12H16F6N2O9S4. The molecule has 0 saturated carbocycles. The molecule has 0 aliphatic carbocycles. The Morgan fingerprint density at radius 1 is 1.18 bits per heavy atom. The molecule has 11 nitrogen and oxygen atoms in total. The third-order valence-corrected chi connectivity index (χ3v) is 6.77. The Morgan fingerprint density at radius 2 is 1.58 bits per heavy atom. The van der Waals surface area contributed by atoms with Crippen molar-refractivity contribution in [3.63, 3.8) is 0 Å². The number of halogens is 6. The normalized spacial score (nSPS) is 21.3. The lowest BCUT2D eigenvalue weighted by molar-refractivity contribution is -0.147. The van der Waals surface area contributed by atoms with Crippen molar-refractivity contribution in [2.45, 2.75) is 22.4 Å². The van der Waals surface area contributed by atoms with Crippen molar-refractivity contribution < 1.29 is 67.0 Å². The number of carbonyl (C=O) groups excluding carboxylic acids is 1. The van der Waals surface area contributed by atoms with Crippen molar-refractivity contribution in [1.82, 2.24) is 4.90 Å². The van der Waals surface area contributed by atoms with Crippen LogP contribution in [0.15, 0.2) is 11.3 Å². The highest BCUT2D eigenvalue weighted by Crippen LogP contribution is 2.39. The first-order valence-electron chi connectivity index (χ1n) is 7.69. The molecule has 1 saturated heterocycles. The van der Waals surface area contributed by atoms with E-state index in [-0.39, 0.29) is 27.9 Å². The molecule has 2 rings (SSSR count). The van der Waals surface area contributed by atoms with E-state index < -0.39 is 43.3 Å². The number of thioether (sulfide) groups is 1. The Labute approximate surface area is 190 Å². The Hall–Kier alpha value is -1.26. The van der Waals surface area contributed by atoms with Gasteiger partial charge in [-0.3, -0.25) is 14.2 Å². The molecule has 2 aliphatic heterocycles. The summed E-state index contributed by atoms with van der Waals surface area (Å²) in [7, 11) is -11.8. The molecule has 1 amide bonds. The summed E-state index contributed by atoms with van der Waals surface area (Å²) in [6.07, 6.45) is 4.12. The van der Waals surface area contributed by atoms with E-state index in [1.165, 1.54) is 4.90 Å². The molecule has 21 heteroatoms. The predicted molar refractivity (Wildman–Crippen MR) is 103 cm³/mol. The maximum Gasteiger partial charge on any atom is 0.522 e. The second-order valence-electron chi connectivity index (χ2n) is 6.14. The first-order chi connectivity index (χ1) is 14.4. The highest BCUT2D eigenvalue weighted by Gasteiger charge is 2.52. The second kappa shape index (κ2) is 11.0. The first-order valence-corrected chi connectivity index (χ1v) is 13.8. The molecule has 0 spiro atoms. The largest absolute Gasteiger partial charge is 0.741 e. The molecule has 0 aromatic carbocycles. The average molecular weight is 575 g/mol. The van der Waals surface area contributed by atoms with Crippen LogP contribution in [0.4, 0.5) is 26.3 Å². The molecule has 33 heavy (non-hydrogen) atoms. The van der Waals surface area contributed by atoms with E-state index in [4.69, 9.17) is 31.7 Å². The van der Waals surface area contributed by atoms with Crippen LogP contribution in [0.25, 0.3) is 0 Å². The zero-order valence-electron chi connectivity index (χ0n) is 16.2. The third-order valence-electron chi connectivity index (χ3n) is 3.33. The molecule has 0 aromatic heterocycles. The predicted octanol–water partition coefficient (Wildman–Crippen LogP) is -0.109. The maximum atomic E-state index is 11.6. The lowest BCUT2D eigenvalue weighted by Gasteiger charge is -2.47. The molecule has 4 N–H and O–H groups in total. The molecular weight excluding hydrogens is 558 g/mol. The SMILES string of the molecule is C[S+](C)CC1=C(C(=O)O)N2C(=O)C(N)[C@H]2SC1.O=S(=O)(O)C(F)(F)F.O=S(=O)([O-])C(F)(F)F. The van der Waals surface area contributed by atoms with Gasteiger partial charge in [0.15, 0.2) is 10.1 Å². The van der Waals surface area contributed by atoms with Crippen LogP contribution in [0.5, 0.6) is 0 Å². The molecule has 0 bridgehead atoms. The summed E-state index contributed by atoms with van der Waals surface area (Å²) in [5.74, 6) is 0.107. The smallest absolute Gasteiger partial charge is 0.522 e. The van der Waals surface area contributed by atoms with Gasteiger partial charge in [0.1, 0.15) is 22.9 Å². The van der Waals surface area contributed by atoms with Gasteiger partial charge in [-0.05, 0) is 10.9 Å². The van der Waals surface area contributed by atoms with Gasteiger partial charge in [0.2, 0.25) is 5.91 Å². The average Bonchev–Trinajstić information content (AvgIpc) is 2.57. The van der Waals surface area contributed by atoms with Crippen molar-refractivity contribution in [1.29, 1.82) is 0 Å². The monoisotopic (exact) mass is 574 g/mol. The van der Waals surface area contributed by atoms with Crippen LogP contribution >= 0.6 is 11.8 Å². The van der Waals surface area contributed by atoms with Crippen LogP contribution in [0, 0.1) is 0 Å². The topological polar surface area (TPSA) is 195 Å². The number of carboxylic acids is 1. The van der Waals surface area contributed by atoms with Gasteiger partial charge < -0.3 is 15.4 Å². The van der Waals surface area contributed by atoms with Crippen LogP contribution in [-0.4, -0.2) is 94.3 Å². The van der Waals surface area contributed by atoms with Crippen LogP contribution in [-0.2, 0) is 40.7 Å². The van der Waals surface area contributed by atoms with E-state index in [0.717, 1.165) is 11.3 Å². The summed E-state index contributed by atoms with van der Waals surface area (Å²) in [5.41, 5.74) is -4.50. The standard InChI is InChI=1S/C10H14N2O3S2.2CHF3O3S/c1-17(2)4-5-3-16-9-6(11)8(13)12(9)7(5)10(14)15;2*2-1(3,4)8(5,6)7/h6,9H,3-4,11H2,1-2H3;2*(H,5,6,7)/t6?,9-;;/m1../s1. The number of alkyl halides is 6. The number of hydrogen-bond donors (Lipinski definition) is 3. The minimum absolute atomic E-state index is 0.124. The Kier molecular flexibility index (Phi) is 10.6. The quantitative estimate of drug-likeness (QED) is 0.134. The number of amides is 1. The third kappa shape index (κ3) is 8.79. The van der Waals surface area contributed by atoms with Gasteiger partial charge in [-0.15, -0.1) is 11.8 Å². The van der Waals surface area contributed by atoms with Crippen molar-refractivity contribution in [3.8, 4) is 0 Å². The molecule has 2 atom stereocenters. The van der Waals surface area contributed by atoms with Gasteiger partial charge >= 0.3 is 27.1 Å². The fourth-order valence-corrected chi connectivity index (χ4v) is 4.40. The zero-order valence-corrected chi connectivity index (χ0v) is 19.5. The fourth-order valence-electron chi connectivity index (χ4n) is 2.04. The number of nitrogens with zero attached hydrogens (tertiary/aromatic N) is 1. The van der Waals surface area contributed by atoms with Crippen molar-refractivity contribution in [2.75, 3.05) is 24.0 Å². The maximum absolute atomic E-state index is 11.6. The molecule has 1 unspecified atom stereocenters. The van der Waals surface area contributed by atoms with Gasteiger partial charge in [-0.25, -0.2) is 13.2 Å². The van der Waals surface area contributed by atoms with Gasteiger partial charge in [0.05, 0.1) is 12.5 Å². The number of β-lactam (4-membered cyclic amide) rings is 1. The first kappa shape index (κ1) is 31.7. The minimum Gasteiger partial charge on any atom is -0.741 e. The lowest BCUT2D eigenvalue weighted by Crippen LogP contribution is -2.68. The summed E-state index contributed by atoms with van der Waals surface area (Å²) in [5, 5.41) is 9.06. The second-order valence-corrected chi connectivity index (χ2v) is 12.3. The van der Waals surface area contributed by atoms with Crippen LogP contribution in [0.1, 0.15) is 0 Å². The highest BCUT2D eigenvalue weighted by atomic mass is 32.2. The molecule has 0 radical (unpaired) electrons. The van der Waals surface area contributed by atoms with Gasteiger partial charge in [-0.2, -0.15) is 34.8 Å². The summed E-state index contributed by atoms with van der Waals surface area (Å²) in [6, 6.07) is -0.544. The van der Waals surface area contributed by atoms with E-state index in [1.54, 1.807) is 11.8 Å². The minimum atomic E-state index is -6.09. The van der Waals surface area contributed by atoms with E-state index in [9.17, 15) is 41.0 Å². The van der Waals surface area contributed by atoms with Gasteiger partial charge in [-0.1, -0.05) is 0 Å². The fraction of sp³-hybridized carbons (Fsp3) is 0.667. The number of fused-ring (bicyclic) bond motifs is 1. The number of hydrogen-bond acceptors (Lipinski definition) is 9. The summed E-state index contributed by atoms with van der Waals surface area (Å²) < 4.78 is 116. The number of nitrogens with two attached hydrogens (primary N) is 1. The van der Waals surface area contributed by atoms with E-state index in [0.29, 0.717) is 5.75 Å². The molecule has 1 fully saturated rings. The number of rotatable bonds is 3.